The molecule has 0 saturated carbocycles. The zero-order chi connectivity index (χ0) is 12.2. The summed E-state index contributed by atoms with van der Waals surface area (Å²) in [6, 6.07) is 7.26. The molecule has 0 saturated heterocycles. The van der Waals surface area contributed by atoms with Crippen molar-refractivity contribution in [2.45, 2.75) is 26.4 Å². The first-order chi connectivity index (χ1) is 7.37. The van der Waals surface area contributed by atoms with Crippen LogP contribution in [0, 0.1) is 0 Å². The summed E-state index contributed by atoms with van der Waals surface area (Å²) in [6.45, 7) is 5.51. The van der Waals surface area contributed by atoms with E-state index in [0.717, 1.165) is 5.56 Å². The quantitative estimate of drug-likeness (QED) is 0.472. The fraction of sp³-hybridized carbons (Fsp3) is 0.308. The van der Waals surface area contributed by atoms with Crippen LogP contribution in [-0.4, -0.2) is 11.6 Å². The van der Waals surface area contributed by atoms with Crippen LogP contribution in [-0.2, 0) is 9.53 Å². The van der Waals surface area contributed by atoms with E-state index in [1.165, 1.54) is 6.08 Å². The summed E-state index contributed by atoms with van der Waals surface area (Å²) in [5.41, 5.74) is 6.71. The minimum absolute atomic E-state index is 0.343. The van der Waals surface area contributed by atoms with Crippen LogP contribution >= 0.6 is 0 Å². The van der Waals surface area contributed by atoms with Gasteiger partial charge in [-0.3, -0.25) is 0 Å². The average molecular weight is 219 g/mol. The Balaban J connectivity index is 2.60. The average Bonchev–Trinajstić information content (AvgIpc) is 2.14. The molecule has 0 atom stereocenters. The van der Waals surface area contributed by atoms with E-state index in [1.807, 2.05) is 32.9 Å². The molecule has 2 N–H and O–H groups in total. The molecule has 0 unspecified atom stereocenters. The molecular formula is C13H17NO2. The maximum absolute atomic E-state index is 11.4. The first-order valence-corrected chi connectivity index (χ1v) is 5.13. The SMILES string of the molecule is CC(C)(C)OC(=O)C=Cc1ccc(N)cc1. The summed E-state index contributed by atoms with van der Waals surface area (Å²) in [5.74, 6) is -0.343. The van der Waals surface area contributed by atoms with E-state index in [-0.39, 0.29) is 5.97 Å². The van der Waals surface area contributed by atoms with Gasteiger partial charge in [-0.15, -0.1) is 0 Å². The fourth-order valence-electron chi connectivity index (χ4n) is 1.11. The predicted molar refractivity (Wildman–Crippen MR) is 65.7 cm³/mol. The lowest BCUT2D eigenvalue weighted by atomic mass is 10.2. The fourth-order valence-corrected chi connectivity index (χ4v) is 1.11. The molecule has 16 heavy (non-hydrogen) atoms. The molecule has 0 heterocycles. The summed E-state index contributed by atoms with van der Waals surface area (Å²) >= 11 is 0. The molecule has 1 rings (SSSR count). The van der Waals surface area contributed by atoms with Gasteiger partial charge in [-0.1, -0.05) is 12.1 Å². The van der Waals surface area contributed by atoms with E-state index < -0.39 is 5.60 Å². The highest BCUT2D eigenvalue weighted by Gasteiger charge is 2.13. The molecule has 0 fully saturated rings. The third-order valence-electron chi connectivity index (χ3n) is 1.76. The highest BCUT2D eigenvalue weighted by atomic mass is 16.6. The Morgan fingerprint density at radius 1 is 1.25 bits per heavy atom. The Labute approximate surface area is 95.9 Å². The van der Waals surface area contributed by atoms with Crippen LogP contribution in [0.15, 0.2) is 30.3 Å². The monoisotopic (exact) mass is 219 g/mol. The molecule has 0 spiro atoms. The molecule has 0 amide bonds. The highest BCUT2D eigenvalue weighted by molar-refractivity contribution is 5.87. The Kier molecular flexibility index (Phi) is 3.72. The number of carbonyl (C=O) groups is 1. The van der Waals surface area contributed by atoms with Crippen molar-refractivity contribution < 1.29 is 9.53 Å². The third kappa shape index (κ3) is 4.64. The van der Waals surface area contributed by atoms with Crippen LogP contribution in [0.5, 0.6) is 0 Å². The summed E-state index contributed by atoms with van der Waals surface area (Å²) in [4.78, 5) is 11.4. The lowest BCUT2D eigenvalue weighted by Gasteiger charge is -2.17. The van der Waals surface area contributed by atoms with Gasteiger partial charge in [-0.2, -0.15) is 0 Å². The van der Waals surface area contributed by atoms with Gasteiger partial charge >= 0.3 is 5.97 Å². The number of nitrogen functional groups attached to an aromatic ring is 1. The van der Waals surface area contributed by atoms with Gasteiger partial charge in [0, 0.05) is 11.8 Å². The summed E-state index contributed by atoms with van der Waals surface area (Å²) in [5, 5.41) is 0. The van der Waals surface area contributed by atoms with Crippen molar-refractivity contribution in [2.24, 2.45) is 0 Å². The number of hydrogen-bond acceptors (Lipinski definition) is 3. The van der Waals surface area contributed by atoms with Crippen LogP contribution in [0.3, 0.4) is 0 Å². The second kappa shape index (κ2) is 4.84. The zero-order valence-electron chi connectivity index (χ0n) is 9.86. The summed E-state index contributed by atoms with van der Waals surface area (Å²) in [6.07, 6.45) is 3.12. The second-order valence-corrected chi connectivity index (χ2v) is 4.53. The van der Waals surface area contributed by atoms with E-state index in [1.54, 1.807) is 18.2 Å². The number of hydrogen-bond donors (Lipinski definition) is 1. The molecule has 1 aromatic carbocycles. The Bertz CT molecular complexity index is 385. The second-order valence-electron chi connectivity index (χ2n) is 4.53. The third-order valence-corrected chi connectivity index (χ3v) is 1.76. The molecule has 0 aromatic heterocycles. The van der Waals surface area contributed by atoms with Gasteiger partial charge in [-0.25, -0.2) is 4.79 Å². The number of rotatable bonds is 2. The lowest BCUT2D eigenvalue weighted by Crippen LogP contribution is -2.22. The normalized spacial score (nSPS) is 11.7. The van der Waals surface area contributed by atoms with Crippen LogP contribution in [0.4, 0.5) is 5.69 Å². The van der Waals surface area contributed by atoms with E-state index in [9.17, 15) is 4.79 Å². The van der Waals surface area contributed by atoms with E-state index in [2.05, 4.69) is 0 Å². The first-order valence-electron chi connectivity index (χ1n) is 5.13. The number of anilines is 1. The Morgan fingerprint density at radius 2 is 1.81 bits per heavy atom. The van der Waals surface area contributed by atoms with Crippen LogP contribution in [0.2, 0.25) is 0 Å². The zero-order valence-corrected chi connectivity index (χ0v) is 9.86. The Morgan fingerprint density at radius 3 is 2.31 bits per heavy atom. The van der Waals surface area contributed by atoms with Gasteiger partial charge in [0.15, 0.2) is 0 Å². The van der Waals surface area contributed by atoms with E-state index >= 15 is 0 Å². The predicted octanol–water partition coefficient (Wildman–Crippen LogP) is 2.62. The molecular weight excluding hydrogens is 202 g/mol. The number of benzene rings is 1. The van der Waals surface area contributed by atoms with Gasteiger partial charge in [0.05, 0.1) is 0 Å². The van der Waals surface area contributed by atoms with Crippen molar-refractivity contribution in [2.75, 3.05) is 5.73 Å². The van der Waals surface area contributed by atoms with Gasteiger partial charge < -0.3 is 10.5 Å². The van der Waals surface area contributed by atoms with Crippen molar-refractivity contribution in [3.05, 3.63) is 35.9 Å². The topological polar surface area (TPSA) is 52.3 Å². The van der Waals surface area contributed by atoms with Crippen molar-refractivity contribution >= 4 is 17.7 Å². The maximum Gasteiger partial charge on any atom is 0.331 e. The molecule has 3 nitrogen and oxygen atoms in total. The molecule has 0 aliphatic rings. The lowest BCUT2D eigenvalue weighted by molar-refractivity contribution is -0.148. The smallest absolute Gasteiger partial charge is 0.331 e. The molecule has 1 aromatic rings. The highest BCUT2D eigenvalue weighted by Crippen LogP contribution is 2.10. The van der Waals surface area contributed by atoms with Crippen LogP contribution in [0.25, 0.3) is 6.08 Å². The maximum atomic E-state index is 11.4. The van der Waals surface area contributed by atoms with Gasteiger partial charge in [0.2, 0.25) is 0 Å². The van der Waals surface area contributed by atoms with Crippen molar-refractivity contribution in [1.29, 1.82) is 0 Å². The molecule has 3 heteroatoms. The number of nitrogens with two attached hydrogens (primary N) is 1. The van der Waals surface area contributed by atoms with Crippen molar-refractivity contribution in [3.8, 4) is 0 Å². The standard InChI is InChI=1S/C13H17NO2/c1-13(2,3)16-12(15)9-6-10-4-7-11(14)8-5-10/h4-9H,14H2,1-3H3. The van der Waals surface area contributed by atoms with Gasteiger partial charge in [0.25, 0.3) is 0 Å². The van der Waals surface area contributed by atoms with Gasteiger partial charge in [0.1, 0.15) is 5.60 Å². The van der Waals surface area contributed by atoms with E-state index in [4.69, 9.17) is 10.5 Å². The molecule has 0 aliphatic carbocycles. The first kappa shape index (κ1) is 12.3. The number of carbonyl (C=O) groups excluding carboxylic acids is 1. The molecule has 0 bridgehead atoms. The van der Waals surface area contributed by atoms with Crippen LogP contribution in [0.1, 0.15) is 26.3 Å². The molecule has 0 radical (unpaired) electrons. The summed E-state index contributed by atoms with van der Waals surface area (Å²) < 4.78 is 5.13. The van der Waals surface area contributed by atoms with Gasteiger partial charge in [-0.05, 0) is 44.5 Å². The van der Waals surface area contributed by atoms with E-state index in [0.29, 0.717) is 5.69 Å². The molecule has 0 aliphatic heterocycles. The minimum Gasteiger partial charge on any atom is -0.457 e. The largest absolute Gasteiger partial charge is 0.457 e. The van der Waals surface area contributed by atoms with Crippen molar-refractivity contribution in [1.82, 2.24) is 0 Å². The van der Waals surface area contributed by atoms with Crippen molar-refractivity contribution in [3.63, 3.8) is 0 Å². The summed E-state index contributed by atoms with van der Waals surface area (Å²) in [7, 11) is 0. The number of esters is 1. The Hall–Kier alpha value is -1.77. The minimum atomic E-state index is -0.456. The molecule has 86 valence electrons. The number of ether oxygens (including phenoxy) is 1. The van der Waals surface area contributed by atoms with Crippen LogP contribution < -0.4 is 5.73 Å².